The van der Waals surface area contributed by atoms with E-state index in [0.717, 1.165) is 33.8 Å². The lowest BCUT2D eigenvalue weighted by molar-refractivity contribution is 0.360. The van der Waals surface area contributed by atoms with Crippen molar-refractivity contribution >= 4 is 0 Å². The van der Waals surface area contributed by atoms with Gasteiger partial charge in [0.15, 0.2) is 40.5 Å². The molecular weight excluding hydrogens is 580 g/mol. The molecule has 0 atom stereocenters. The number of aromatic nitrogens is 4. The van der Waals surface area contributed by atoms with E-state index in [-0.39, 0.29) is 5.41 Å². The van der Waals surface area contributed by atoms with E-state index in [4.69, 9.17) is 24.4 Å². The van der Waals surface area contributed by atoms with Gasteiger partial charge in [0.1, 0.15) is 5.69 Å². The van der Waals surface area contributed by atoms with Gasteiger partial charge in [-0.2, -0.15) is 0 Å². The second-order valence-electron chi connectivity index (χ2n) is 12.3. The molecule has 0 bridgehead atoms. The molecule has 6 nitrogen and oxygen atoms in total. The molecule has 0 radical (unpaired) electrons. The van der Waals surface area contributed by atoms with E-state index in [9.17, 15) is 0 Å². The van der Waals surface area contributed by atoms with Gasteiger partial charge in [0, 0.05) is 28.3 Å². The fraction of sp³-hybridized carbons (Fsp3) is 0.0732. The van der Waals surface area contributed by atoms with E-state index in [1.54, 1.807) is 6.20 Å². The molecule has 2 aromatic heterocycles. The number of rotatable bonds is 4. The van der Waals surface area contributed by atoms with Crippen LogP contribution in [-0.4, -0.2) is 19.9 Å². The van der Waals surface area contributed by atoms with Crippen molar-refractivity contribution in [1.29, 1.82) is 0 Å². The molecule has 7 aromatic rings. The second kappa shape index (κ2) is 10.5. The number of nitrogens with zero attached hydrogens (tertiary/aromatic N) is 4. The maximum Gasteiger partial charge on any atom is 0.182 e. The largest absolute Gasteiger partial charge is 0.449 e. The summed E-state index contributed by atoms with van der Waals surface area (Å²) in [4.78, 5) is 18.9. The summed E-state index contributed by atoms with van der Waals surface area (Å²) in [5.74, 6) is 4.54. The van der Waals surface area contributed by atoms with Crippen LogP contribution in [0, 0.1) is 0 Å². The highest BCUT2D eigenvalue weighted by Gasteiger charge is 2.37. The zero-order valence-corrected chi connectivity index (χ0v) is 25.8. The Labute approximate surface area is 272 Å². The van der Waals surface area contributed by atoms with E-state index >= 15 is 0 Å². The average Bonchev–Trinajstić information content (AvgIpc) is 3.35. The van der Waals surface area contributed by atoms with Crippen LogP contribution in [0.4, 0.5) is 0 Å². The number of benzene rings is 5. The van der Waals surface area contributed by atoms with Crippen LogP contribution in [0.2, 0.25) is 0 Å². The summed E-state index contributed by atoms with van der Waals surface area (Å²) in [5.41, 5.74) is 9.28. The predicted octanol–water partition coefficient (Wildman–Crippen LogP) is 10.1. The van der Waals surface area contributed by atoms with Gasteiger partial charge >= 0.3 is 0 Å². The smallest absolute Gasteiger partial charge is 0.182 e. The van der Waals surface area contributed by atoms with Crippen molar-refractivity contribution < 1.29 is 9.47 Å². The van der Waals surface area contributed by atoms with Crippen molar-refractivity contribution in [3.63, 3.8) is 0 Å². The molecule has 0 unspecified atom stereocenters. The fourth-order valence-corrected chi connectivity index (χ4v) is 6.65. The topological polar surface area (TPSA) is 70.0 Å². The van der Waals surface area contributed by atoms with Crippen molar-refractivity contribution in [2.75, 3.05) is 0 Å². The molecule has 47 heavy (non-hydrogen) atoms. The van der Waals surface area contributed by atoms with Crippen LogP contribution >= 0.6 is 0 Å². The fourth-order valence-electron chi connectivity index (χ4n) is 6.65. The zero-order valence-electron chi connectivity index (χ0n) is 25.8. The molecule has 5 aromatic carbocycles. The third-order valence-corrected chi connectivity index (χ3v) is 9.07. The third kappa shape index (κ3) is 4.49. The number of ether oxygens (including phenoxy) is 2. The number of fused-ring (bicyclic) bond motifs is 5. The maximum absolute atomic E-state index is 6.66. The number of hydrogen-bond donors (Lipinski definition) is 0. The molecule has 224 valence electrons. The Morgan fingerprint density at radius 2 is 1.13 bits per heavy atom. The van der Waals surface area contributed by atoms with Gasteiger partial charge < -0.3 is 9.47 Å². The quantitative estimate of drug-likeness (QED) is 0.198. The van der Waals surface area contributed by atoms with Crippen LogP contribution in [0.1, 0.15) is 25.0 Å². The summed E-state index contributed by atoms with van der Waals surface area (Å²) < 4.78 is 13.2. The van der Waals surface area contributed by atoms with Crippen LogP contribution in [-0.2, 0) is 5.41 Å². The minimum absolute atomic E-state index is 0.133. The van der Waals surface area contributed by atoms with E-state index in [1.807, 2.05) is 72.8 Å². The highest BCUT2D eigenvalue weighted by Crippen LogP contribution is 2.56. The molecule has 0 fully saturated rings. The summed E-state index contributed by atoms with van der Waals surface area (Å²) in [6, 6.07) is 42.7. The molecule has 1 aliphatic heterocycles. The Hall–Kier alpha value is -6.14. The van der Waals surface area contributed by atoms with Crippen LogP contribution in [0.25, 0.3) is 56.5 Å². The first-order chi connectivity index (χ1) is 23.0. The van der Waals surface area contributed by atoms with Gasteiger partial charge in [-0.1, -0.05) is 111 Å². The molecule has 0 N–H and O–H groups in total. The van der Waals surface area contributed by atoms with Gasteiger partial charge in [0.05, 0.1) is 0 Å². The summed E-state index contributed by atoms with van der Waals surface area (Å²) in [7, 11) is 0. The summed E-state index contributed by atoms with van der Waals surface area (Å²) in [6.07, 6.45) is 1.74. The van der Waals surface area contributed by atoms with Crippen LogP contribution in [0.5, 0.6) is 23.0 Å². The predicted molar refractivity (Wildman–Crippen MR) is 184 cm³/mol. The third-order valence-electron chi connectivity index (χ3n) is 9.07. The standard InChI is InChI=1S/C41H28N4O2/c1-41(2)31-15-7-6-13-29(31)30-23-35-36(24-32(30)41)47-37-28(14-10-17-34(37)46-35)25-18-20-27(21-19-25)39-43-38(26-11-4-3-5-12-26)44-40(45-39)33-16-8-9-22-42-33/h3-24H,1-2H3. The highest BCUT2D eigenvalue weighted by atomic mass is 16.6. The molecular formula is C41H28N4O2. The Kier molecular flexibility index (Phi) is 6.05. The zero-order chi connectivity index (χ0) is 31.5. The molecule has 9 rings (SSSR count). The van der Waals surface area contributed by atoms with Crippen molar-refractivity contribution in [3.05, 3.63) is 145 Å². The van der Waals surface area contributed by atoms with Crippen molar-refractivity contribution in [2.24, 2.45) is 0 Å². The van der Waals surface area contributed by atoms with E-state index in [1.165, 1.54) is 22.3 Å². The van der Waals surface area contributed by atoms with Gasteiger partial charge in [-0.05, 0) is 58.1 Å². The van der Waals surface area contributed by atoms with Gasteiger partial charge in [-0.15, -0.1) is 0 Å². The minimum atomic E-state index is -0.133. The normalized spacial score (nSPS) is 13.4. The summed E-state index contributed by atoms with van der Waals surface area (Å²) in [6.45, 7) is 4.53. The van der Waals surface area contributed by atoms with Gasteiger partial charge in [-0.3, -0.25) is 4.98 Å². The van der Waals surface area contributed by atoms with Crippen molar-refractivity contribution in [2.45, 2.75) is 19.3 Å². The van der Waals surface area contributed by atoms with Crippen LogP contribution in [0.15, 0.2) is 134 Å². The summed E-state index contributed by atoms with van der Waals surface area (Å²) in [5, 5.41) is 0. The molecule has 0 amide bonds. The SMILES string of the molecule is CC1(C)c2ccccc2-c2cc3c(cc21)Oc1c(cccc1-c1ccc(-c2nc(-c4ccccc4)nc(-c4ccccn4)n2)cc1)O3. The number of hydrogen-bond acceptors (Lipinski definition) is 6. The van der Waals surface area contributed by atoms with Crippen molar-refractivity contribution in [3.8, 4) is 79.5 Å². The molecule has 0 saturated carbocycles. The second-order valence-corrected chi connectivity index (χ2v) is 12.3. The molecule has 0 saturated heterocycles. The number of para-hydroxylation sites is 1. The Morgan fingerprint density at radius 3 is 1.91 bits per heavy atom. The lowest BCUT2D eigenvalue weighted by Crippen LogP contribution is -2.15. The van der Waals surface area contributed by atoms with Crippen LogP contribution < -0.4 is 9.47 Å². The lowest BCUT2D eigenvalue weighted by atomic mass is 9.82. The Morgan fingerprint density at radius 1 is 0.468 bits per heavy atom. The molecule has 0 spiro atoms. The summed E-state index contributed by atoms with van der Waals surface area (Å²) >= 11 is 0. The monoisotopic (exact) mass is 608 g/mol. The molecule has 1 aliphatic carbocycles. The van der Waals surface area contributed by atoms with E-state index < -0.39 is 0 Å². The average molecular weight is 609 g/mol. The van der Waals surface area contributed by atoms with Gasteiger partial charge in [0.25, 0.3) is 0 Å². The molecule has 2 aliphatic rings. The molecule has 3 heterocycles. The van der Waals surface area contributed by atoms with Crippen molar-refractivity contribution in [1.82, 2.24) is 19.9 Å². The van der Waals surface area contributed by atoms with E-state index in [2.05, 4.69) is 73.4 Å². The maximum atomic E-state index is 6.66. The first kappa shape index (κ1) is 27.2. The first-order valence-electron chi connectivity index (χ1n) is 15.6. The lowest BCUT2D eigenvalue weighted by Gasteiger charge is -2.26. The Balaban J connectivity index is 1.08. The van der Waals surface area contributed by atoms with Gasteiger partial charge in [-0.25, -0.2) is 15.0 Å². The van der Waals surface area contributed by atoms with E-state index in [0.29, 0.717) is 34.7 Å². The first-order valence-corrected chi connectivity index (χ1v) is 15.6. The Bertz CT molecular complexity index is 2260. The number of pyridine rings is 1. The molecule has 6 heteroatoms. The minimum Gasteiger partial charge on any atom is -0.449 e. The highest BCUT2D eigenvalue weighted by molar-refractivity contribution is 5.84. The van der Waals surface area contributed by atoms with Gasteiger partial charge in [0.2, 0.25) is 0 Å². The van der Waals surface area contributed by atoms with Crippen LogP contribution in [0.3, 0.4) is 0 Å².